The Bertz CT molecular complexity index is 1860. The Labute approximate surface area is 327 Å². The van der Waals surface area contributed by atoms with Crippen LogP contribution in [0.1, 0.15) is 91.1 Å². The lowest BCUT2D eigenvalue weighted by atomic mass is 9.45. The predicted octanol–water partition coefficient (Wildman–Crippen LogP) is 1.03. The zero-order valence-corrected chi connectivity index (χ0v) is 33.2. The molecular formula is C38H47NO18. The fourth-order valence-electron chi connectivity index (χ4n) is 9.30. The van der Waals surface area contributed by atoms with Crippen LogP contribution in [0.3, 0.4) is 0 Å². The number of aliphatic hydroxyl groups is 1. The number of hydrogen-bond donors (Lipinski definition) is 1. The molecule has 2 aliphatic heterocycles. The summed E-state index contributed by atoms with van der Waals surface area (Å²) in [4.78, 5) is 111. The number of cyclic esters (lactones) is 1. The van der Waals surface area contributed by atoms with E-state index in [1.807, 2.05) is 0 Å². The SMILES string of the molecule is CC(=O)OC[C@]12[C@H](OC(C)=O)[C@H](OC(C)=O)[C@H]3[C@@H](OC(C)=O)[C@@]14O[C@@]3(C)COC(=O)c1cnccc1[C@H](C)[C@@H](C)C(=O)O[C@@H]([C@H](OC(C)=O)[C@@H]2OC(C)=O)[C@]4(C)O. The van der Waals surface area contributed by atoms with E-state index < -0.39 is 138 Å². The molecule has 312 valence electrons. The van der Waals surface area contributed by atoms with Crippen molar-refractivity contribution in [1.29, 1.82) is 0 Å². The van der Waals surface area contributed by atoms with Crippen LogP contribution in [-0.2, 0) is 76.2 Å². The summed E-state index contributed by atoms with van der Waals surface area (Å²) in [6, 6.07) is 1.50. The van der Waals surface area contributed by atoms with Crippen molar-refractivity contribution in [2.45, 2.75) is 129 Å². The number of nitrogens with zero attached hydrogens (tertiary/aromatic N) is 1. The average molecular weight is 806 g/mol. The zero-order chi connectivity index (χ0) is 42.6. The molecule has 0 amide bonds. The van der Waals surface area contributed by atoms with Crippen LogP contribution in [0.25, 0.3) is 0 Å². The summed E-state index contributed by atoms with van der Waals surface area (Å²) in [7, 11) is 0. The first-order valence-corrected chi connectivity index (χ1v) is 18.2. The summed E-state index contributed by atoms with van der Waals surface area (Å²) >= 11 is 0. The Morgan fingerprint density at radius 2 is 1.30 bits per heavy atom. The normalized spacial score (nSPS) is 38.2. The van der Waals surface area contributed by atoms with Gasteiger partial charge in [-0.05, 0) is 31.4 Å². The van der Waals surface area contributed by atoms with E-state index >= 15 is 0 Å². The third-order valence-electron chi connectivity index (χ3n) is 11.5. The monoisotopic (exact) mass is 805 g/mol. The molecule has 57 heavy (non-hydrogen) atoms. The van der Waals surface area contributed by atoms with Gasteiger partial charge >= 0.3 is 47.8 Å². The molecule has 4 bridgehead atoms. The third kappa shape index (κ3) is 6.97. The molecule has 1 saturated heterocycles. The lowest BCUT2D eigenvalue weighted by Gasteiger charge is -2.67. The molecule has 5 rings (SSSR count). The molecule has 2 saturated carbocycles. The molecule has 3 heterocycles. The van der Waals surface area contributed by atoms with E-state index in [4.69, 9.17) is 42.6 Å². The molecule has 19 heteroatoms. The van der Waals surface area contributed by atoms with Gasteiger partial charge in [0.2, 0.25) is 0 Å². The highest BCUT2D eigenvalue weighted by molar-refractivity contribution is 5.91. The van der Waals surface area contributed by atoms with Crippen molar-refractivity contribution in [1.82, 2.24) is 4.98 Å². The number of rotatable bonds is 7. The molecule has 1 N–H and O–H groups in total. The standard InChI is InChI=1S/C38H47NO18/c1-16-17(2)33(46)56-30-28(52-20(5)42)32(55-23(8)45)37(15-49-18(3)40)31(54-22(7)44)27(51-19(4)41)26-29(53-21(6)43)38(37,36(30,10)48)57-35(26,9)14-50-34(47)25-13-39-12-11-24(16)25/h11-13,16-17,26-32,48H,14-15H2,1-10H3/t16-,17-,26+,27-,28+,29-,30+,31-,32+,35+,36+,37-,38+/m1/s1. The van der Waals surface area contributed by atoms with E-state index in [0.29, 0.717) is 5.56 Å². The number of aromatic nitrogens is 1. The molecule has 3 fully saturated rings. The summed E-state index contributed by atoms with van der Waals surface area (Å²) < 4.78 is 54.3. The molecule has 4 aliphatic rings. The molecule has 1 aromatic rings. The van der Waals surface area contributed by atoms with Crippen LogP contribution in [0.5, 0.6) is 0 Å². The second-order valence-electron chi connectivity index (χ2n) is 15.4. The molecular weight excluding hydrogens is 758 g/mol. The van der Waals surface area contributed by atoms with Crippen LogP contribution in [-0.4, -0.2) is 124 Å². The van der Waals surface area contributed by atoms with E-state index in [0.717, 1.165) is 48.5 Å². The number of ether oxygens (including phenoxy) is 9. The van der Waals surface area contributed by atoms with Gasteiger partial charge < -0.3 is 47.7 Å². The quantitative estimate of drug-likeness (QED) is 0.298. The highest BCUT2D eigenvalue weighted by Crippen LogP contribution is 2.70. The largest absolute Gasteiger partial charge is 0.465 e. The van der Waals surface area contributed by atoms with Crippen molar-refractivity contribution in [2.24, 2.45) is 17.3 Å². The minimum atomic E-state index is -2.81. The summed E-state index contributed by atoms with van der Waals surface area (Å²) in [6.07, 6.45) is -9.28. The first-order chi connectivity index (χ1) is 26.5. The Kier molecular flexibility index (Phi) is 11.5. The summed E-state index contributed by atoms with van der Waals surface area (Å²) in [6.45, 7) is 9.73. The van der Waals surface area contributed by atoms with Crippen LogP contribution in [0, 0.1) is 17.3 Å². The molecule has 13 atom stereocenters. The van der Waals surface area contributed by atoms with Crippen LogP contribution in [0.4, 0.5) is 0 Å². The number of fused-ring (bicyclic) bond motifs is 5. The Morgan fingerprint density at radius 3 is 1.84 bits per heavy atom. The maximum atomic E-state index is 14.4. The number of carbonyl (C=O) groups is 8. The fraction of sp³-hybridized carbons (Fsp3) is 0.658. The predicted molar refractivity (Wildman–Crippen MR) is 185 cm³/mol. The highest BCUT2D eigenvalue weighted by Gasteiger charge is 2.92. The zero-order valence-electron chi connectivity index (χ0n) is 33.2. The van der Waals surface area contributed by atoms with Gasteiger partial charge in [-0.2, -0.15) is 0 Å². The van der Waals surface area contributed by atoms with E-state index in [1.54, 1.807) is 6.92 Å². The molecule has 0 unspecified atom stereocenters. The van der Waals surface area contributed by atoms with Crippen molar-refractivity contribution in [3.8, 4) is 0 Å². The van der Waals surface area contributed by atoms with Gasteiger partial charge in [-0.15, -0.1) is 0 Å². The highest BCUT2D eigenvalue weighted by atomic mass is 16.7. The van der Waals surface area contributed by atoms with Gasteiger partial charge in [0.05, 0.1) is 17.4 Å². The lowest BCUT2D eigenvalue weighted by molar-refractivity contribution is -0.387. The second-order valence-corrected chi connectivity index (χ2v) is 15.4. The number of esters is 8. The van der Waals surface area contributed by atoms with E-state index in [1.165, 1.54) is 32.3 Å². The molecule has 0 radical (unpaired) electrons. The topological polar surface area (TPSA) is 253 Å². The summed E-state index contributed by atoms with van der Waals surface area (Å²) in [5.74, 6) is -11.5. The van der Waals surface area contributed by atoms with Gasteiger partial charge in [0, 0.05) is 53.9 Å². The van der Waals surface area contributed by atoms with Gasteiger partial charge in [0.1, 0.15) is 42.0 Å². The van der Waals surface area contributed by atoms with Crippen LogP contribution in [0.2, 0.25) is 0 Å². The van der Waals surface area contributed by atoms with Crippen LogP contribution >= 0.6 is 0 Å². The van der Waals surface area contributed by atoms with Gasteiger partial charge in [-0.25, -0.2) is 4.79 Å². The summed E-state index contributed by atoms with van der Waals surface area (Å²) in [5.41, 5.74) is -9.91. The molecule has 2 aliphatic carbocycles. The van der Waals surface area contributed by atoms with Crippen molar-refractivity contribution in [2.75, 3.05) is 13.2 Å². The minimum Gasteiger partial charge on any atom is -0.465 e. The van der Waals surface area contributed by atoms with Crippen molar-refractivity contribution in [3.63, 3.8) is 0 Å². The van der Waals surface area contributed by atoms with Gasteiger partial charge in [0.15, 0.2) is 30.0 Å². The summed E-state index contributed by atoms with van der Waals surface area (Å²) in [5, 5.41) is 13.4. The number of hydrogen-bond acceptors (Lipinski definition) is 19. The Balaban J connectivity index is 2.01. The average Bonchev–Trinajstić information content (AvgIpc) is 3.32. The maximum Gasteiger partial charge on any atom is 0.340 e. The first-order valence-electron chi connectivity index (χ1n) is 18.2. The number of carbonyl (C=O) groups excluding carboxylic acids is 8. The van der Waals surface area contributed by atoms with Gasteiger partial charge in [-0.1, -0.05) is 13.8 Å². The Hall–Kier alpha value is -5.17. The fourth-order valence-corrected chi connectivity index (χ4v) is 9.30. The van der Waals surface area contributed by atoms with Crippen LogP contribution < -0.4 is 0 Å². The van der Waals surface area contributed by atoms with Crippen molar-refractivity contribution >= 4 is 47.8 Å². The van der Waals surface area contributed by atoms with Gasteiger partial charge in [-0.3, -0.25) is 38.5 Å². The minimum absolute atomic E-state index is 0.0422. The number of pyridine rings is 1. The molecule has 1 aromatic heterocycles. The Morgan fingerprint density at radius 1 is 0.772 bits per heavy atom. The van der Waals surface area contributed by atoms with E-state index in [2.05, 4.69) is 4.98 Å². The molecule has 19 nitrogen and oxygen atoms in total. The van der Waals surface area contributed by atoms with Crippen molar-refractivity contribution in [3.05, 3.63) is 29.6 Å². The maximum absolute atomic E-state index is 14.4. The lowest BCUT2D eigenvalue weighted by Crippen LogP contribution is -2.89. The van der Waals surface area contributed by atoms with Crippen molar-refractivity contribution < 1.29 is 86.1 Å². The first kappa shape index (κ1) is 43.0. The molecule has 1 spiro atoms. The van der Waals surface area contributed by atoms with E-state index in [-0.39, 0.29) is 5.56 Å². The third-order valence-corrected chi connectivity index (χ3v) is 11.5. The van der Waals surface area contributed by atoms with Gasteiger partial charge in [0.25, 0.3) is 0 Å². The second kappa shape index (κ2) is 15.3. The van der Waals surface area contributed by atoms with E-state index in [9.17, 15) is 43.5 Å². The molecule has 0 aromatic carbocycles. The van der Waals surface area contributed by atoms with Crippen LogP contribution in [0.15, 0.2) is 18.5 Å². The smallest absolute Gasteiger partial charge is 0.340 e.